The quantitative estimate of drug-likeness (QED) is 0.525. The predicted molar refractivity (Wildman–Crippen MR) is 50.4 cm³/mol. The molecule has 81 valence electrons. The Balaban J connectivity index is -0.000000175. The Morgan fingerprint density at radius 3 is 1.58 bits per heavy atom. The van der Waals surface area contributed by atoms with Crippen LogP contribution in [-0.4, -0.2) is 36.5 Å². The summed E-state index contributed by atoms with van der Waals surface area (Å²) >= 11 is 3.66. The molecule has 6 N–H and O–H groups in total. The molecule has 0 spiro atoms. The van der Waals surface area contributed by atoms with E-state index >= 15 is 0 Å². The predicted octanol–water partition coefficient (Wildman–Crippen LogP) is 0.992. The normalized spacial score (nSPS) is 8.08. The summed E-state index contributed by atoms with van der Waals surface area (Å²) in [6.45, 7) is 0.655. The summed E-state index contributed by atoms with van der Waals surface area (Å²) in [5, 5.41) is 12.9. The topological polar surface area (TPSA) is 93.4 Å². The van der Waals surface area contributed by atoms with E-state index < -0.39 is 0 Å². The van der Waals surface area contributed by atoms with Crippen LogP contribution in [0.5, 0.6) is 0 Å². The molecule has 12 heavy (non-hydrogen) atoms. The van der Waals surface area contributed by atoms with E-state index in [1.807, 2.05) is 0 Å². The van der Waals surface area contributed by atoms with Gasteiger partial charge in [0.05, 0.1) is 0 Å². The Morgan fingerprint density at radius 2 is 1.42 bits per heavy atom. The van der Waals surface area contributed by atoms with Crippen LogP contribution < -0.4 is 0 Å². The van der Waals surface area contributed by atoms with Gasteiger partial charge < -0.3 is 21.7 Å². The van der Waals surface area contributed by atoms with E-state index in [0.29, 0.717) is 25.9 Å². The molecule has 0 aliphatic rings. The monoisotopic (exact) mass is 248 g/mol. The molecule has 0 radical (unpaired) electrons. The fraction of sp³-hybridized carbons (Fsp3) is 1.00. The molecule has 0 aromatic heterocycles. The Morgan fingerprint density at radius 1 is 1.17 bits per heavy atom. The molecule has 4 nitrogen and oxygen atoms in total. The van der Waals surface area contributed by atoms with Crippen molar-refractivity contribution in [3.63, 3.8) is 0 Å². The fourth-order valence-corrected chi connectivity index (χ4v) is 0.493. The maximum Gasteiger partial charge on any atom is 0.150 e. The minimum atomic E-state index is -0.162. The molecule has 0 atom stereocenters. The Hall–Kier alpha value is 0.649. The summed E-state index contributed by atoms with van der Waals surface area (Å²) in [5.74, 6) is 0. The number of halogens is 1. The largest absolute Gasteiger partial charge is 0.677 e. The average Bonchev–Trinajstić information content (AvgIpc) is 2.12. The number of hydrogen-bond acceptors (Lipinski definition) is 0. The molecule has 0 bridgehead atoms. The molecule has 0 aliphatic carbocycles. The zero-order valence-electron chi connectivity index (χ0n) is 7.09. The number of rotatable bonds is 4. The van der Waals surface area contributed by atoms with Gasteiger partial charge in [0, 0.05) is 0 Å². The van der Waals surface area contributed by atoms with E-state index in [1.54, 1.807) is 0 Å². The minimum absolute atomic E-state index is 0.162. The molecule has 0 aliphatic heterocycles. The maximum atomic E-state index is 7.13. The Labute approximate surface area is 86.3 Å². The summed E-state index contributed by atoms with van der Waals surface area (Å²) in [6.07, 6.45) is 1.09. The van der Waals surface area contributed by atoms with Gasteiger partial charge in [0.1, 0.15) is 13.2 Å². The van der Waals surface area contributed by atoms with Crippen molar-refractivity contribution < 1.29 is 25.3 Å². The average molecular weight is 249 g/mol. The molecule has 0 aromatic rings. The first kappa shape index (κ1) is 18.4. The van der Waals surface area contributed by atoms with E-state index in [-0.39, 0.29) is 6.10 Å². The smallest absolute Gasteiger partial charge is 0.150 e. The third-order valence-electron chi connectivity index (χ3n) is 0.986. The van der Waals surface area contributed by atoms with Gasteiger partial charge in [-0.05, 0) is 12.8 Å². The SMILES string of the molecule is C[OH2+].[Cl][Cu+].[NH-]CCC([OH2+])CC[NH-]. The van der Waals surface area contributed by atoms with E-state index in [0.717, 1.165) is 0 Å². The first-order valence-electron chi connectivity index (χ1n) is 3.43. The van der Waals surface area contributed by atoms with Gasteiger partial charge in [0.2, 0.25) is 0 Å². The minimum Gasteiger partial charge on any atom is -0.677 e. The molecule has 0 saturated carbocycles. The molecule has 0 aromatic carbocycles. The van der Waals surface area contributed by atoms with Gasteiger partial charge in [0.25, 0.3) is 0 Å². The van der Waals surface area contributed by atoms with Crippen LogP contribution in [0.4, 0.5) is 0 Å². The summed E-state index contributed by atoms with van der Waals surface area (Å²) in [5.41, 5.74) is 13.5. The third kappa shape index (κ3) is 22.4. The maximum absolute atomic E-state index is 7.13. The van der Waals surface area contributed by atoms with Crippen molar-refractivity contribution in [1.82, 2.24) is 0 Å². The van der Waals surface area contributed by atoms with Crippen LogP contribution in [0, 0.1) is 0 Å². The molecule has 0 saturated heterocycles. The first-order chi connectivity index (χ1) is 5.81. The molecule has 6 heteroatoms. The molecular weight excluding hydrogens is 231 g/mol. The van der Waals surface area contributed by atoms with Gasteiger partial charge in [0.15, 0.2) is 0 Å². The van der Waals surface area contributed by atoms with Crippen LogP contribution in [0.25, 0.3) is 11.5 Å². The van der Waals surface area contributed by atoms with Crippen molar-refractivity contribution in [3.8, 4) is 0 Å². The van der Waals surface area contributed by atoms with E-state index in [2.05, 4.69) is 25.2 Å². The summed E-state index contributed by atoms with van der Waals surface area (Å²) < 4.78 is 0. The van der Waals surface area contributed by atoms with Crippen molar-refractivity contribution in [2.75, 3.05) is 20.2 Å². The molecule has 0 amide bonds. The molecule has 0 fully saturated rings. The van der Waals surface area contributed by atoms with Crippen LogP contribution >= 0.6 is 10.1 Å². The standard InChI is InChI=1S/C5H12N2O.CH4O.ClH.Cu/c6-3-1-5(8)2-4-7;1-2;;/h5-8H,1-4H2;2H,1H3;1H;/q-2;;;+2/p+1. The van der Waals surface area contributed by atoms with Crippen LogP contribution in [0.1, 0.15) is 12.8 Å². The van der Waals surface area contributed by atoms with Gasteiger partial charge >= 0.3 is 25.2 Å². The van der Waals surface area contributed by atoms with Crippen LogP contribution in [0.15, 0.2) is 0 Å². The van der Waals surface area contributed by atoms with Gasteiger partial charge in [-0.25, -0.2) is 0 Å². The van der Waals surface area contributed by atoms with Crippen molar-refractivity contribution in [2.24, 2.45) is 0 Å². The van der Waals surface area contributed by atoms with Gasteiger partial charge in [-0.1, -0.05) is 0 Å². The third-order valence-corrected chi connectivity index (χ3v) is 0.986. The molecule has 0 rings (SSSR count). The molecular formula is C6H18ClCuN2O2+. The zero-order valence-corrected chi connectivity index (χ0v) is 8.78. The Bertz CT molecular complexity index is 56.8. The second-order valence-electron chi connectivity index (χ2n) is 1.77. The van der Waals surface area contributed by atoms with Gasteiger partial charge in [-0.2, -0.15) is 0 Å². The van der Waals surface area contributed by atoms with Crippen LogP contribution in [0.2, 0.25) is 0 Å². The second-order valence-corrected chi connectivity index (χ2v) is 1.77. The van der Waals surface area contributed by atoms with Crippen molar-refractivity contribution >= 4 is 10.1 Å². The molecule has 0 unspecified atom stereocenters. The fourth-order valence-electron chi connectivity index (χ4n) is 0.493. The van der Waals surface area contributed by atoms with Crippen molar-refractivity contribution in [3.05, 3.63) is 11.5 Å². The van der Waals surface area contributed by atoms with Crippen molar-refractivity contribution in [1.29, 1.82) is 0 Å². The summed E-state index contributed by atoms with van der Waals surface area (Å²) in [4.78, 5) is 0. The summed E-state index contributed by atoms with van der Waals surface area (Å²) in [6, 6.07) is 0. The molecule has 0 heterocycles. The van der Waals surface area contributed by atoms with E-state index in [4.69, 9.17) is 21.7 Å². The van der Waals surface area contributed by atoms with Crippen LogP contribution in [-0.2, 0) is 15.1 Å². The summed E-state index contributed by atoms with van der Waals surface area (Å²) in [7, 11) is 5.45. The van der Waals surface area contributed by atoms with Crippen molar-refractivity contribution in [2.45, 2.75) is 18.9 Å². The first-order valence-corrected chi connectivity index (χ1v) is 4.72. The van der Waals surface area contributed by atoms with Gasteiger partial charge in [-0.3, -0.25) is 0 Å². The van der Waals surface area contributed by atoms with Crippen LogP contribution in [0.3, 0.4) is 0 Å². The number of nitrogens with one attached hydrogen (secondary N) is 2. The van der Waals surface area contributed by atoms with E-state index in [9.17, 15) is 0 Å². The van der Waals surface area contributed by atoms with Gasteiger partial charge in [-0.15, -0.1) is 13.1 Å². The zero-order chi connectivity index (χ0) is 10.4. The number of hydrogen-bond donors (Lipinski definition) is 0. The van der Waals surface area contributed by atoms with E-state index in [1.165, 1.54) is 7.11 Å². The second kappa shape index (κ2) is 22.6. The Kier molecular flexibility index (Phi) is 34.7.